The van der Waals surface area contributed by atoms with Gasteiger partial charge >= 0.3 is 0 Å². The second-order valence-electron chi connectivity index (χ2n) is 3.66. The van der Waals surface area contributed by atoms with E-state index in [0.29, 0.717) is 0 Å². The van der Waals surface area contributed by atoms with E-state index in [0.717, 1.165) is 29.2 Å². The molecule has 0 unspecified atom stereocenters. The van der Waals surface area contributed by atoms with Crippen LogP contribution in [0.3, 0.4) is 0 Å². The standard InChI is InChI=1S/C15H20O2S/c1-5-7-13(11-18-6-2)12-8-9-14(16-3)15(10-12)17-4/h5,8-11H,1,6-7H2,2-4H3/b13-11-. The van der Waals surface area contributed by atoms with Gasteiger partial charge in [0.15, 0.2) is 11.5 Å². The van der Waals surface area contributed by atoms with Crippen molar-refractivity contribution in [3.05, 3.63) is 41.8 Å². The van der Waals surface area contributed by atoms with Gasteiger partial charge in [0.25, 0.3) is 0 Å². The van der Waals surface area contributed by atoms with Crippen LogP contribution in [0.15, 0.2) is 36.3 Å². The third-order valence-corrected chi connectivity index (χ3v) is 3.30. The highest BCUT2D eigenvalue weighted by molar-refractivity contribution is 8.02. The molecule has 0 spiro atoms. The van der Waals surface area contributed by atoms with Gasteiger partial charge in [-0.25, -0.2) is 0 Å². The first-order valence-electron chi connectivity index (χ1n) is 5.90. The summed E-state index contributed by atoms with van der Waals surface area (Å²) in [5.74, 6) is 2.57. The number of allylic oxidation sites excluding steroid dienone is 2. The second-order valence-corrected chi connectivity index (χ2v) is 4.81. The van der Waals surface area contributed by atoms with Gasteiger partial charge in [-0.05, 0) is 40.9 Å². The van der Waals surface area contributed by atoms with Gasteiger partial charge in [-0.2, -0.15) is 0 Å². The Bertz CT molecular complexity index is 425. The number of hydrogen-bond acceptors (Lipinski definition) is 3. The zero-order valence-electron chi connectivity index (χ0n) is 11.2. The molecule has 0 N–H and O–H groups in total. The van der Waals surface area contributed by atoms with E-state index in [9.17, 15) is 0 Å². The molecule has 1 aromatic carbocycles. The van der Waals surface area contributed by atoms with E-state index in [1.165, 1.54) is 5.57 Å². The van der Waals surface area contributed by atoms with Crippen LogP contribution in [0.25, 0.3) is 5.57 Å². The Hall–Kier alpha value is -1.35. The largest absolute Gasteiger partial charge is 0.493 e. The number of hydrogen-bond donors (Lipinski definition) is 0. The van der Waals surface area contributed by atoms with Crippen LogP contribution in [-0.2, 0) is 0 Å². The highest BCUT2D eigenvalue weighted by Gasteiger charge is 2.07. The van der Waals surface area contributed by atoms with Crippen molar-refractivity contribution in [1.29, 1.82) is 0 Å². The van der Waals surface area contributed by atoms with Crippen LogP contribution in [0.5, 0.6) is 11.5 Å². The van der Waals surface area contributed by atoms with Crippen LogP contribution in [0.1, 0.15) is 18.9 Å². The molecule has 0 aliphatic heterocycles. The van der Waals surface area contributed by atoms with E-state index in [1.807, 2.05) is 24.3 Å². The molecule has 0 radical (unpaired) electrons. The first-order valence-corrected chi connectivity index (χ1v) is 6.95. The molecule has 0 bridgehead atoms. The SMILES string of the molecule is C=CC/C(=C/SCC)c1ccc(OC)c(OC)c1. The third kappa shape index (κ3) is 3.84. The van der Waals surface area contributed by atoms with Crippen LogP contribution in [0.4, 0.5) is 0 Å². The van der Waals surface area contributed by atoms with E-state index in [-0.39, 0.29) is 0 Å². The van der Waals surface area contributed by atoms with Crippen molar-refractivity contribution in [3.8, 4) is 11.5 Å². The fraction of sp³-hybridized carbons (Fsp3) is 0.333. The summed E-state index contributed by atoms with van der Waals surface area (Å²) in [7, 11) is 3.30. The van der Waals surface area contributed by atoms with Crippen LogP contribution in [0.2, 0.25) is 0 Å². The lowest BCUT2D eigenvalue weighted by Crippen LogP contribution is -1.92. The van der Waals surface area contributed by atoms with Gasteiger partial charge in [0, 0.05) is 0 Å². The van der Waals surface area contributed by atoms with Crippen molar-refractivity contribution >= 4 is 17.3 Å². The topological polar surface area (TPSA) is 18.5 Å². The molecule has 0 aromatic heterocycles. The van der Waals surface area contributed by atoms with Gasteiger partial charge < -0.3 is 9.47 Å². The van der Waals surface area contributed by atoms with Crippen LogP contribution in [0, 0.1) is 0 Å². The number of rotatable bonds is 7. The minimum Gasteiger partial charge on any atom is -0.493 e. The molecule has 1 aromatic rings. The maximum absolute atomic E-state index is 5.32. The zero-order chi connectivity index (χ0) is 13.4. The lowest BCUT2D eigenvalue weighted by molar-refractivity contribution is 0.355. The molecule has 0 aliphatic carbocycles. The van der Waals surface area contributed by atoms with E-state index in [1.54, 1.807) is 26.0 Å². The fourth-order valence-corrected chi connectivity index (χ4v) is 2.21. The van der Waals surface area contributed by atoms with Crippen LogP contribution in [-0.4, -0.2) is 20.0 Å². The van der Waals surface area contributed by atoms with Crippen molar-refractivity contribution in [1.82, 2.24) is 0 Å². The number of benzene rings is 1. The molecule has 18 heavy (non-hydrogen) atoms. The van der Waals surface area contributed by atoms with E-state index in [4.69, 9.17) is 9.47 Å². The summed E-state index contributed by atoms with van der Waals surface area (Å²) < 4.78 is 10.6. The zero-order valence-corrected chi connectivity index (χ0v) is 12.0. The minimum absolute atomic E-state index is 0.752. The maximum atomic E-state index is 5.32. The average Bonchev–Trinajstić information content (AvgIpc) is 2.42. The lowest BCUT2D eigenvalue weighted by atomic mass is 10.0. The van der Waals surface area contributed by atoms with Gasteiger partial charge in [-0.1, -0.05) is 19.1 Å². The predicted molar refractivity (Wildman–Crippen MR) is 80.5 cm³/mol. The lowest BCUT2D eigenvalue weighted by Gasteiger charge is -2.11. The molecule has 0 heterocycles. The molecular weight excluding hydrogens is 244 g/mol. The highest BCUT2D eigenvalue weighted by atomic mass is 32.2. The van der Waals surface area contributed by atoms with Crippen LogP contribution >= 0.6 is 11.8 Å². The van der Waals surface area contributed by atoms with Gasteiger partial charge in [0.05, 0.1) is 14.2 Å². The Labute approximate surface area is 114 Å². The Balaban J connectivity index is 3.08. The monoisotopic (exact) mass is 264 g/mol. The molecular formula is C15H20O2S. The molecule has 0 aliphatic rings. The van der Waals surface area contributed by atoms with Gasteiger partial charge in [0.1, 0.15) is 0 Å². The summed E-state index contributed by atoms with van der Waals surface area (Å²) in [5, 5.41) is 2.18. The molecule has 3 heteroatoms. The molecule has 0 atom stereocenters. The minimum atomic E-state index is 0.752. The van der Waals surface area contributed by atoms with Crippen molar-refractivity contribution in [3.63, 3.8) is 0 Å². The molecule has 98 valence electrons. The Morgan fingerprint density at radius 2 is 2.00 bits per heavy atom. The normalized spacial score (nSPS) is 11.2. The van der Waals surface area contributed by atoms with E-state index in [2.05, 4.69) is 18.9 Å². The average molecular weight is 264 g/mol. The molecule has 0 amide bonds. The summed E-state index contributed by atoms with van der Waals surface area (Å²) in [6.45, 7) is 5.94. The summed E-state index contributed by atoms with van der Waals surface area (Å²) in [5.41, 5.74) is 2.39. The van der Waals surface area contributed by atoms with Crippen molar-refractivity contribution in [2.24, 2.45) is 0 Å². The van der Waals surface area contributed by atoms with Gasteiger partial charge in [-0.15, -0.1) is 18.3 Å². The quantitative estimate of drug-likeness (QED) is 0.681. The number of ether oxygens (including phenoxy) is 2. The van der Waals surface area contributed by atoms with Crippen molar-refractivity contribution in [2.75, 3.05) is 20.0 Å². The van der Waals surface area contributed by atoms with Crippen molar-refractivity contribution in [2.45, 2.75) is 13.3 Å². The molecule has 0 saturated heterocycles. The molecule has 0 fully saturated rings. The van der Waals surface area contributed by atoms with E-state index >= 15 is 0 Å². The maximum Gasteiger partial charge on any atom is 0.161 e. The van der Waals surface area contributed by atoms with Gasteiger partial charge in [-0.3, -0.25) is 0 Å². The summed E-state index contributed by atoms with van der Waals surface area (Å²) >= 11 is 1.79. The Morgan fingerprint density at radius 3 is 2.56 bits per heavy atom. The molecule has 1 rings (SSSR count). The summed E-state index contributed by atoms with van der Waals surface area (Å²) in [6.07, 6.45) is 2.77. The second kappa shape index (κ2) is 7.88. The first-order chi connectivity index (χ1) is 8.76. The summed E-state index contributed by atoms with van der Waals surface area (Å²) in [6, 6.07) is 5.99. The first kappa shape index (κ1) is 14.7. The van der Waals surface area contributed by atoms with Crippen molar-refractivity contribution < 1.29 is 9.47 Å². The fourth-order valence-electron chi connectivity index (χ4n) is 1.61. The van der Waals surface area contributed by atoms with Gasteiger partial charge in [0.2, 0.25) is 0 Å². The predicted octanol–water partition coefficient (Wildman–Crippen LogP) is 4.37. The number of thioether (sulfide) groups is 1. The molecule has 2 nitrogen and oxygen atoms in total. The number of methoxy groups -OCH3 is 2. The summed E-state index contributed by atoms with van der Waals surface area (Å²) in [4.78, 5) is 0. The third-order valence-electron chi connectivity index (χ3n) is 2.51. The Morgan fingerprint density at radius 1 is 1.28 bits per heavy atom. The smallest absolute Gasteiger partial charge is 0.161 e. The van der Waals surface area contributed by atoms with E-state index < -0.39 is 0 Å². The highest BCUT2D eigenvalue weighted by Crippen LogP contribution is 2.32. The van der Waals surface area contributed by atoms with Crippen LogP contribution < -0.4 is 9.47 Å². The Kier molecular flexibility index (Phi) is 6.44. The molecule has 0 saturated carbocycles.